The molecule has 2 rings (SSSR count). The van der Waals surface area contributed by atoms with E-state index in [2.05, 4.69) is 29.8 Å². The van der Waals surface area contributed by atoms with E-state index in [0.717, 1.165) is 11.5 Å². The van der Waals surface area contributed by atoms with E-state index < -0.39 is 0 Å². The number of hydrazine groups is 1. The molecule has 0 aliphatic carbocycles. The van der Waals surface area contributed by atoms with Crippen molar-refractivity contribution in [1.82, 2.24) is 15.8 Å². The van der Waals surface area contributed by atoms with E-state index in [-0.39, 0.29) is 5.66 Å². The number of nitrogens with zero attached hydrogens (tertiary/aromatic N) is 1. The summed E-state index contributed by atoms with van der Waals surface area (Å²) in [6, 6.07) is 10.3. The molecule has 1 aliphatic heterocycles. The maximum atomic E-state index is 5.21. The summed E-state index contributed by atoms with van der Waals surface area (Å²) >= 11 is 5.21. The lowest BCUT2D eigenvalue weighted by Crippen LogP contribution is -2.47. The minimum absolute atomic E-state index is 0.243. The molecule has 1 atom stereocenters. The Bertz CT molecular complexity index is 365. The first-order valence-electron chi connectivity index (χ1n) is 5.07. The average Bonchev–Trinajstić information content (AvgIpc) is 2.57. The molecule has 0 radical (unpaired) electrons. The Hall–Kier alpha value is -1.13. The van der Waals surface area contributed by atoms with E-state index in [1.807, 2.05) is 30.3 Å². The van der Waals surface area contributed by atoms with Crippen LogP contribution in [0.2, 0.25) is 0 Å². The molecular weight excluding hydrogens is 206 g/mol. The SMILES string of the molecule is CCC1(c2ccccc2)NC(=S)N(C)N1. The smallest absolute Gasteiger partial charge is 0.185 e. The van der Waals surface area contributed by atoms with Crippen LogP contribution in [0.15, 0.2) is 30.3 Å². The lowest BCUT2D eigenvalue weighted by Gasteiger charge is -2.28. The topological polar surface area (TPSA) is 27.3 Å². The molecule has 0 aromatic heterocycles. The summed E-state index contributed by atoms with van der Waals surface area (Å²) in [5.41, 5.74) is 4.33. The van der Waals surface area contributed by atoms with Gasteiger partial charge in [-0.25, -0.2) is 5.43 Å². The molecule has 15 heavy (non-hydrogen) atoms. The predicted octanol–water partition coefficient (Wildman–Crippen LogP) is 1.57. The highest BCUT2D eigenvalue weighted by Crippen LogP contribution is 2.25. The van der Waals surface area contributed by atoms with Gasteiger partial charge < -0.3 is 5.32 Å². The fourth-order valence-electron chi connectivity index (χ4n) is 1.86. The summed E-state index contributed by atoms with van der Waals surface area (Å²) in [6.07, 6.45) is 0.932. The van der Waals surface area contributed by atoms with Gasteiger partial charge in [0.15, 0.2) is 5.11 Å². The fraction of sp³-hybridized carbons (Fsp3) is 0.364. The van der Waals surface area contributed by atoms with E-state index in [1.54, 1.807) is 0 Å². The third-order valence-electron chi connectivity index (χ3n) is 2.78. The van der Waals surface area contributed by atoms with E-state index in [4.69, 9.17) is 12.2 Å². The van der Waals surface area contributed by atoms with E-state index >= 15 is 0 Å². The van der Waals surface area contributed by atoms with Gasteiger partial charge in [-0.05, 0) is 24.2 Å². The summed E-state index contributed by atoms with van der Waals surface area (Å²) in [6.45, 7) is 2.13. The number of hydrogen-bond acceptors (Lipinski definition) is 2. The number of thiocarbonyl (C=S) groups is 1. The third kappa shape index (κ3) is 1.70. The highest BCUT2D eigenvalue weighted by Gasteiger charge is 2.38. The van der Waals surface area contributed by atoms with Gasteiger partial charge in [0.2, 0.25) is 0 Å². The molecule has 0 saturated carbocycles. The average molecular weight is 221 g/mol. The van der Waals surface area contributed by atoms with E-state index in [1.165, 1.54) is 5.56 Å². The van der Waals surface area contributed by atoms with Crippen molar-refractivity contribution in [3.8, 4) is 0 Å². The van der Waals surface area contributed by atoms with Gasteiger partial charge in [0.25, 0.3) is 0 Å². The number of hydrogen-bond donors (Lipinski definition) is 2. The van der Waals surface area contributed by atoms with Crippen molar-refractivity contribution in [2.45, 2.75) is 19.0 Å². The molecule has 0 spiro atoms. The van der Waals surface area contributed by atoms with Gasteiger partial charge in [0.1, 0.15) is 5.66 Å². The van der Waals surface area contributed by atoms with Crippen LogP contribution >= 0.6 is 12.2 Å². The number of nitrogens with one attached hydrogen (secondary N) is 2. The lowest BCUT2D eigenvalue weighted by molar-refractivity contribution is 0.236. The molecule has 2 N–H and O–H groups in total. The van der Waals surface area contributed by atoms with Crippen molar-refractivity contribution in [3.05, 3.63) is 35.9 Å². The molecule has 1 saturated heterocycles. The van der Waals surface area contributed by atoms with Crippen LogP contribution in [0.3, 0.4) is 0 Å². The molecule has 3 nitrogen and oxygen atoms in total. The molecule has 1 aromatic rings. The molecule has 1 aliphatic rings. The zero-order valence-corrected chi connectivity index (χ0v) is 9.77. The van der Waals surface area contributed by atoms with Crippen molar-refractivity contribution in [1.29, 1.82) is 0 Å². The van der Waals surface area contributed by atoms with Crippen molar-refractivity contribution in [2.24, 2.45) is 0 Å². The highest BCUT2D eigenvalue weighted by atomic mass is 32.1. The predicted molar refractivity (Wildman–Crippen MR) is 65.0 cm³/mol. The number of rotatable bonds is 2. The number of benzene rings is 1. The zero-order chi connectivity index (χ0) is 10.9. The second kappa shape index (κ2) is 3.79. The van der Waals surface area contributed by atoms with E-state index in [0.29, 0.717) is 0 Å². The van der Waals surface area contributed by atoms with Crippen LogP contribution in [-0.2, 0) is 5.66 Å². The van der Waals surface area contributed by atoms with Crippen LogP contribution in [0.4, 0.5) is 0 Å². The summed E-state index contributed by atoms with van der Waals surface area (Å²) in [5, 5.41) is 5.92. The van der Waals surface area contributed by atoms with Crippen LogP contribution in [-0.4, -0.2) is 17.2 Å². The first-order chi connectivity index (χ1) is 7.18. The molecular formula is C11H15N3S. The normalized spacial score (nSPS) is 25.5. The molecule has 1 aromatic carbocycles. The summed E-state index contributed by atoms with van der Waals surface area (Å²) in [7, 11) is 1.93. The van der Waals surface area contributed by atoms with E-state index in [9.17, 15) is 0 Å². The fourth-order valence-corrected chi connectivity index (χ4v) is 2.08. The van der Waals surface area contributed by atoms with Gasteiger partial charge in [-0.3, -0.25) is 5.01 Å². The lowest BCUT2D eigenvalue weighted by atomic mass is 9.98. The van der Waals surface area contributed by atoms with Crippen LogP contribution < -0.4 is 10.7 Å². The Labute approximate surface area is 95.4 Å². The van der Waals surface area contributed by atoms with Gasteiger partial charge in [-0.15, -0.1) is 0 Å². The quantitative estimate of drug-likeness (QED) is 0.741. The van der Waals surface area contributed by atoms with Crippen molar-refractivity contribution in [2.75, 3.05) is 7.05 Å². The van der Waals surface area contributed by atoms with Crippen molar-refractivity contribution in [3.63, 3.8) is 0 Å². The minimum Gasteiger partial charge on any atom is -0.338 e. The van der Waals surface area contributed by atoms with Crippen molar-refractivity contribution < 1.29 is 0 Å². The minimum atomic E-state index is -0.243. The molecule has 1 heterocycles. The maximum absolute atomic E-state index is 5.21. The Morgan fingerprint density at radius 3 is 2.47 bits per heavy atom. The Kier molecular flexibility index (Phi) is 2.63. The Morgan fingerprint density at radius 2 is 2.00 bits per heavy atom. The molecule has 0 amide bonds. The zero-order valence-electron chi connectivity index (χ0n) is 8.95. The second-order valence-electron chi connectivity index (χ2n) is 3.73. The second-order valence-corrected chi connectivity index (χ2v) is 4.11. The van der Waals surface area contributed by atoms with Gasteiger partial charge in [0.05, 0.1) is 0 Å². The molecule has 80 valence electrons. The van der Waals surface area contributed by atoms with Crippen LogP contribution in [0.25, 0.3) is 0 Å². The Morgan fingerprint density at radius 1 is 1.33 bits per heavy atom. The standard InChI is InChI=1S/C11H15N3S/c1-3-11(9-7-5-4-6-8-9)12-10(15)14(2)13-11/h4-8,13H,3H2,1-2H3,(H,12,15). The summed E-state index contributed by atoms with van der Waals surface area (Å²) in [4.78, 5) is 0. The van der Waals surface area contributed by atoms with Gasteiger partial charge >= 0.3 is 0 Å². The Balaban J connectivity index is 2.36. The monoisotopic (exact) mass is 221 g/mol. The molecule has 0 bridgehead atoms. The van der Waals surface area contributed by atoms with Crippen LogP contribution in [0, 0.1) is 0 Å². The molecule has 4 heteroatoms. The van der Waals surface area contributed by atoms with Crippen LogP contribution in [0.5, 0.6) is 0 Å². The highest BCUT2D eigenvalue weighted by molar-refractivity contribution is 7.80. The molecule has 1 unspecified atom stereocenters. The first kappa shape index (κ1) is 10.4. The largest absolute Gasteiger partial charge is 0.338 e. The van der Waals surface area contributed by atoms with Gasteiger partial charge in [-0.2, -0.15) is 0 Å². The third-order valence-corrected chi connectivity index (χ3v) is 3.16. The first-order valence-corrected chi connectivity index (χ1v) is 5.48. The van der Waals surface area contributed by atoms with Crippen LogP contribution in [0.1, 0.15) is 18.9 Å². The van der Waals surface area contributed by atoms with Crippen molar-refractivity contribution >= 4 is 17.3 Å². The maximum Gasteiger partial charge on any atom is 0.185 e. The summed E-state index contributed by atoms with van der Waals surface area (Å²) in [5.74, 6) is 0. The summed E-state index contributed by atoms with van der Waals surface area (Å²) < 4.78 is 0. The van der Waals surface area contributed by atoms with Gasteiger partial charge in [0, 0.05) is 7.05 Å². The molecule has 1 fully saturated rings. The van der Waals surface area contributed by atoms with Gasteiger partial charge in [-0.1, -0.05) is 37.3 Å².